The number of β-amino-alcohol motifs (C(OH)–C–C–N with tert-alkyl or cyclic N) is 1. The fraction of sp³-hybridized carbons (Fsp3) is 0.467. The molecule has 1 heterocycles. The third kappa shape index (κ3) is 3.72. The largest absolute Gasteiger partial charge is 0.478 e. The number of benzene rings is 1. The number of aryl methyl sites for hydroxylation is 1. The number of piperidine rings is 1. The number of carbonyl (C=O) groups is 2. The Morgan fingerprint density at radius 3 is 2.67 bits per heavy atom. The number of hydrogen-bond donors (Lipinski definition) is 3. The zero-order valence-electron chi connectivity index (χ0n) is 12.2. The molecule has 1 unspecified atom stereocenters. The maximum absolute atomic E-state index is 12.2. The number of carbonyl (C=O) groups excluding carboxylic acids is 1. The van der Waals surface area contributed by atoms with Crippen LogP contribution in [-0.2, 0) is 0 Å². The van der Waals surface area contributed by atoms with Gasteiger partial charge in [0.1, 0.15) is 0 Å². The maximum atomic E-state index is 12.2. The Morgan fingerprint density at radius 1 is 1.38 bits per heavy atom. The molecule has 21 heavy (non-hydrogen) atoms. The zero-order valence-corrected chi connectivity index (χ0v) is 12.2. The average Bonchev–Trinajstić information content (AvgIpc) is 2.37. The summed E-state index contributed by atoms with van der Waals surface area (Å²) in [6.45, 7) is 4.31. The van der Waals surface area contributed by atoms with E-state index in [2.05, 4.69) is 5.32 Å². The molecule has 0 aromatic heterocycles. The summed E-state index contributed by atoms with van der Waals surface area (Å²) in [5, 5.41) is 21.7. The molecule has 1 fully saturated rings. The van der Waals surface area contributed by atoms with Crippen LogP contribution in [0.5, 0.6) is 0 Å². The highest BCUT2D eigenvalue weighted by Crippen LogP contribution is 2.21. The molecule has 0 aliphatic carbocycles. The van der Waals surface area contributed by atoms with Crippen LogP contribution in [0.4, 0.5) is 10.5 Å². The van der Waals surface area contributed by atoms with E-state index in [9.17, 15) is 14.7 Å². The minimum atomic E-state index is -0.988. The second-order valence-electron chi connectivity index (χ2n) is 5.79. The second kappa shape index (κ2) is 5.73. The van der Waals surface area contributed by atoms with Crippen molar-refractivity contribution in [1.29, 1.82) is 0 Å². The molecule has 0 spiro atoms. The molecule has 2 rings (SSSR count). The first-order valence-corrected chi connectivity index (χ1v) is 6.91. The quantitative estimate of drug-likeness (QED) is 0.778. The summed E-state index contributed by atoms with van der Waals surface area (Å²) >= 11 is 0. The van der Waals surface area contributed by atoms with Crippen molar-refractivity contribution in [2.24, 2.45) is 0 Å². The maximum Gasteiger partial charge on any atom is 0.335 e. The Labute approximate surface area is 123 Å². The first-order valence-electron chi connectivity index (χ1n) is 6.91. The molecule has 0 saturated carbocycles. The minimum Gasteiger partial charge on any atom is -0.478 e. The topological polar surface area (TPSA) is 89.9 Å². The monoisotopic (exact) mass is 292 g/mol. The van der Waals surface area contributed by atoms with Crippen molar-refractivity contribution in [3.63, 3.8) is 0 Å². The van der Waals surface area contributed by atoms with Crippen molar-refractivity contribution < 1.29 is 19.8 Å². The van der Waals surface area contributed by atoms with E-state index in [1.165, 1.54) is 6.07 Å². The molecule has 3 N–H and O–H groups in total. The summed E-state index contributed by atoms with van der Waals surface area (Å²) in [7, 11) is 0. The van der Waals surface area contributed by atoms with Gasteiger partial charge in [-0.05, 0) is 50.5 Å². The molecule has 1 saturated heterocycles. The number of nitrogens with zero attached hydrogens (tertiary/aromatic N) is 1. The summed E-state index contributed by atoms with van der Waals surface area (Å²) in [5.41, 5.74) is 0.506. The van der Waals surface area contributed by atoms with Gasteiger partial charge in [0.15, 0.2) is 0 Å². The molecule has 1 atom stereocenters. The average molecular weight is 292 g/mol. The van der Waals surface area contributed by atoms with Gasteiger partial charge in [-0.15, -0.1) is 0 Å². The number of hydrogen-bond acceptors (Lipinski definition) is 3. The van der Waals surface area contributed by atoms with E-state index in [0.29, 0.717) is 30.8 Å². The first kappa shape index (κ1) is 15.3. The van der Waals surface area contributed by atoms with Crippen molar-refractivity contribution in [1.82, 2.24) is 4.90 Å². The van der Waals surface area contributed by atoms with Gasteiger partial charge in [-0.1, -0.05) is 0 Å². The number of likely N-dealkylation sites (tertiary alicyclic amines) is 1. The van der Waals surface area contributed by atoms with Crippen molar-refractivity contribution in [3.05, 3.63) is 29.3 Å². The molecule has 0 bridgehead atoms. The fourth-order valence-electron chi connectivity index (χ4n) is 2.58. The first-order chi connectivity index (χ1) is 9.78. The molecule has 114 valence electrons. The second-order valence-corrected chi connectivity index (χ2v) is 5.79. The summed E-state index contributed by atoms with van der Waals surface area (Å²) in [4.78, 5) is 24.7. The highest BCUT2D eigenvalue weighted by Gasteiger charge is 2.30. The molecular weight excluding hydrogens is 272 g/mol. The van der Waals surface area contributed by atoms with Crippen LogP contribution < -0.4 is 5.32 Å². The molecule has 1 aliphatic rings. The highest BCUT2D eigenvalue weighted by atomic mass is 16.4. The lowest BCUT2D eigenvalue weighted by Gasteiger charge is -2.36. The zero-order chi connectivity index (χ0) is 15.6. The Bertz CT molecular complexity index is 569. The Kier molecular flexibility index (Phi) is 4.18. The number of amides is 2. The molecule has 1 aliphatic heterocycles. The van der Waals surface area contributed by atoms with Gasteiger partial charge in [-0.2, -0.15) is 0 Å². The molecule has 6 nitrogen and oxygen atoms in total. The number of urea groups is 1. The van der Waals surface area contributed by atoms with Crippen LogP contribution in [-0.4, -0.2) is 45.8 Å². The predicted octanol–water partition coefficient (Wildman–Crippen LogP) is 2.07. The number of rotatable bonds is 2. The number of nitrogens with one attached hydrogen (secondary N) is 1. The van der Waals surface area contributed by atoms with Crippen molar-refractivity contribution >= 4 is 17.7 Å². The van der Waals surface area contributed by atoms with E-state index in [0.717, 1.165) is 6.42 Å². The lowest BCUT2D eigenvalue weighted by molar-refractivity contribution is -0.000639. The van der Waals surface area contributed by atoms with Crippen LogP contribution in [0.2, 0.25) is 0 Å². The van der Waals surface area contributed by atoms with E-state index in [-0.39, 0.29) is 11.6 Å². The molecule has 1 aromatic rings. The van der Waals surface area contributed by atoms with Crippen molar-refractivity contribution in [2.75, 3.05) is 18.4 Å². The van der Waals surface area contributed by atoms with E-state index in [1.54, 1.807) is 30.9 Å². The van der Waals surface area contributed by atoms with E-state index in [1.807, 2.05) is 0 Å². The lowest BCUT2D eigenvalue weighted by atomic mass is 9.95. The summed E-state index contributed by atoms with van der Waals surface area (Å²) in [6, 6.07) is 4.39. The standard InChI is InChI=1S/C15H20N2O4/c1-10-8-11(4-5-12(10)13(18)19)16-14(20)17-7-3-6-15(2,21)9-17/h4-5,8,21H,3,6-7,9H2,1-2H3,(H,16,20)(H,18,19). The van der Waals surface area contributed by atoms with Gasteiger partial charge >= 0.3 is 12.0 Å². The summed E-state index contributed by atoms with van der Waals surface area (Å²) in [6.07, 6.45) is 1.45. The Morgan fingerprint density at radius 2 is 2.10 bits per heavy atom. The van der Waals surface area contributed by atoms with Gasteiger partial charge in [0.2, 0.25) is 0 Å². The Balaban J connectivity index is 2.06. The van der Waals surface area contributed by atoms with Gasteiger partial charge in [-0.3, -0.25) is 0 Å². The SMILES string of the molecule is Cc1cc(NC(=O)N2CCCC(C)(O)C2)ccc1C(=O)O. The van der Waals surface area contributed by atoms with Crippen LogP contribution in [0.15, 0.2) is 18.2 Å². The molecular formula is C15H20N2O4. The minimum absolute atomic E-state index is 0.217. The number of aromatic carboxylic acids is 1. The van der Waals surface area contributed by atoms with E-state index < -0.39 is 11.6 Å². The number of carboxylic acids is 1. The van der Waals surface area contributed by atoms with E-state index >= 15 is 0 Å². The van der Waals surface area contributed by atoms with Crippen LogP contribution in [0.1, 0.15) is 35.7 Å². The number of aliphatic hydroxyl groups is 1. The van der Waals surface area contributed by atoms with Gasteiger partial charge in [-0.25, -0.2) is 9.59 Å². The molecule has 2 amide bonds. The van der Waals surface area contributed by atoms with Gasteiger partial charge in [0.05, 0.1) is 17.7 Å². The van der Waals surface area contributed by atoms with E-state index in [4.69, 9.17) is 5.11 Å². The van der Waals surface area contributed by atoms with Crippen molar-refractivity contribution in [2.45, 2.75) is 32.3 Å². The third-order valence-corrected chi connectivity index (χ3v) is 3.67. The predicted molar refractivity (Wildman–Crippen MR) is 78.6 cm³/mol. The normalized spacial score (nSPS) is 22.0. The molecule has 6 heteroatoms. The Hall–Kier alpha value is -2.08. The molecule has 0 radical (unpaired) electrons. The highest BCUT2D eigenvalue weighted by molar-refractivity contribution is 5.92. The molecule has 1 aromatic carbocycles. The van der Waals surface area contributed by atoms with Crippen LogP contribution >= 0.6 is 0 Å². The van der Waals surface area contributed by atoms with Gasteiger partial charge in [0, 0.05) is 12.2 Å². The summed E-state index contributed by atoms with van der Waals surface area (Å²) < 4.78 is 0. The summed E-state index contributed by atoms with van der Waals surface area (Å²) in [5.74, 6) is -0.988. The van der Waals surface area contributed by atoms with Gasteiger partial charge < -0.3 is 20.4 Å². The van der Waals surface area contributed by atoms with Crippen LogP contribution in [0.25, 0.3) is 0 Å². The van der Waals surface area contributed by atoms with Crippen LogP contribution in [0.3, 0.4) is 0 Å². The lowest BCUT2D eigenvalue weighted by Crippen LogP contribution is -2.49. The number of carboxylic acid groups (broad SMARTS) is 1. The van der Waals surface area contributed by atoms with Crippen LogP contribution in [0, 0.1) is 6.92 Å². The van der Waals surface area contributed by atoms with Gasteiger partial charge in [0.25, 0.3) is 0 Å². The number of anilines is 1. The third-order valence-electron chi connectivity index (χ3n) is 3.67. The van der Waals surface area contributed by atoms with Crippen molar-refractivity contribution in [3.8, 4) is 0 Å². The smallest absolute Gasteiger partial charge is 0.335 e. The fourth-order valence-corrected chi connectivity index (χ4v) is 2.58.